The molecule has 0 unspecified atom stereocenters. The van der Waals surface area contributed by atoms with Crippen molar-refractivity contribution in [3.63, 3.8) is 0 Å². The van der Waals surface area contributed by atoms with Crippen LogP contribution in [0.2, 0.25) is 5.02 Å². The number of anilines is 1. The zero-order chi connectivity index (χ0) is 30.5. The van der Waals surface area contributed by atoms with Gasteiger partial charge in [0, 0.05) is 72.8 Å². The lowest BCUT2D eigenvalue weighted by molar-refractivity contribution is -0.136. The number of nitrogens with zero attached hydrogens (tertiary/aromatic N) is 5. The van der Waals surface area contributed by atoms with Crippen molar-refractivity contribution in [1.29, 1.82) is 0 Å². The van der Waals surface area contributed by atoms with Gasteiger partial charge in [0.05, 0.1) is 12.7 Å². The minimum atomic E-state index is -0.839. The van der Waals surface area contributed by atoms with Crippen LogP contribution in [0.3, 0.4) is 0 Å². The Morgan fingerprint density at radius 2 is 2.05 bits per heavy atom. The largest absolute Gasteiger partial charge is 0.466 e. The van der Waals surface area contributed by atoms with Crippen LogP contribution in [0.1, 0.15) is 29.1 Å². The number of nitrogens with one attached hydrogen (secondary N) is 1. The summed E-state index contributed by atoms with van der Waals surface area (Å²) < 4.78 is 19.1. The fourth-order valence-electron chi connectivity index (χ4n) is 5.14. The molecule has 1 aromatic heterocycles. The molecule has 1 fully saturated rings. The van der Waals surface area contributed by atoms with E-state index in [9.17, 15) is 14.0 Å². The Hall–Kier alpha value is -3.84. The van der Waals surface area contributed by atoms with Crippen LogP contribution < -0.4 is 16.0 Å². The lowest BCUT2D eigenvalue weighted by Gasteiger charge is -2.31. The molecule has 0 spiro atoms. The molecule has 1 atom stereocenters. The summed E-state index contributed by atoms with van der Waals surface area (Å²) in [5.41, 5.74) is 8.89. The summed E-state index contributed by atoms with van der Waals surface area (Å²) in [5, 5.41) is 5.93. The fourth-order valence-corrected chi connectivity index (χ4v) is 6.00. The number of carbonyl (C=O) groups is 2. The average Bonchev–Trinajstić information content (AvgIpc) is 3.69. The van der Waals surface area contributed by atoms with Gasteiger partial charge in [0.25, 0.3) is 0 Å². The Bertz CT molecular complexity index is 1530. The molecule has 0 saturated carbocycles. The first kappa shape index (κ1) is 30.6. The maximum Gasteiger partial charge on any atom is 0.338 e. The molecule has 2 aliphatic heterocycles. The van der Waals surface area contributed by atoms with Crippen LogP contribution in [-0.2, 0) is 16.1 Å². The number of urea groups is 1. The third-order valence-electron chi connectivity index (χ3n) is 7.52. The number of aliphatic imine (C=N–C) groups is 1. The van der Waals surface area contributed by atoms with Crippen molar-refractivity contribution in [3.8, 4) is 0 Å². The number of nitrogens with two attached hydrogens (primary N) is 1. The summed E-state index contributed by atoms with van der Waals surface area (Å²) in [4.78, 5) is 41.4. The number of ether oxygens (including phenoxy) is 1. The molecule has 0 bridgehead atoms. The number of methoxy groups -OCH3 is 1. The first-order valence-electron chi connectivity index (χ1n) is 13.9. The predicted octanol–water partition coefficient (Wildman–Crippen LogP) is 4.18. The Morgan fingerprint density at radius 1 is 1.26 bits per heavy atom. The van der Waals surface area contributed by atoms with Crippen LogP contribution in [0.15, 0.2) is 70.3 Å². The highest BCUT2D eigenvalue weighted by Gasteiger charge is 2.35. The summed E-state index contributed by atoms with van der Waals surface area (Å²) in [6.07, 6.45) is 1.67. The lowest BCUT2D eigenvalue weighted by atomic mass is 9.95. The van der Waals surface area contributed by atoms with Crippen LogP contribution in [0, 0.1) is 5.82 Å². The average molecular weight is 626 g/mol. The molecule has 5 rings (SSSR count). The number of hydrogen-bond donors (Lipinski definition) is 2. The SMILES string of the molecule is CCN(CCN1CCN(c2ccc(CN)cc2)C1=O)CC1=C(C(=O)OC)[C@H](c2ccc(F)cc2Cl)N=C(c2nccs2)N1. The number of benzene rings is 2. The summed E-state index contributed by atoms with van der Waals surface area (Å²) in [5.74, 6) is -0.586. The Morgan fingerprint density at radius 3 is 2.70 bits per heavy atom. The molecule has 2 aliphatic rings. The molecule has 10 nitrogen and oxygen atoms in total. The van der Waals surface area contributed by atoms with Gasteiger partial charge in [-0.05, 0) is 36.4 Å². The van der Waals surface area contributed by atoms with Gasteiger partial charge in [-0.25, -0.2) is 19.0 Å². The molecule has 3 heterocycles. The quantitative estimate of drug-likeness (QED) is 0.307. The molecule has 3 N–H and O–H groups in total. The van der Waals surface area contributed by atoms with Crippen molar-refractivity contribution in [2.24, 2.45) is 10.7 Å². The predicted molar refractivity (Wildman–Crippen MR) is 166 cm³/mol. The van der Waals surface area contributed by atoms with Gasteiger partial charge in [-0.2, -0.15) is 0 Å². The van der Waals surface area contributed by atoms with Gasteiger partial charge in [-0.3, -0.25) is 14.8 Å². The summed E-state index contributed by atoms with van der Waals surface area (Å²) in [6, 6.07) is 10.8. The van der Waals surface area contributed by atoms with Gasteiger partial charge >= 0.3 is 12.0 Å². The van der Waals surface area contributed by atoms with E-state index in [2.05, 4.69) is 15.2 Å². The summed E-state index contributed by atoms with van der Waals surface area (Å²) in [6.45, 7) is 5.73. The molecule has 43 heavy (non-hydrogen) atoms. The van der Waals surface area contributed by atoms with Gasteiger partial charge in [0.2, 0.25) is 0 Å². The maximum atomic E-state index is 13.9. The lowest BCUT2D eigenvalue weighted by Crippen LogP contribution is -2.42. The number of aromatic nitrogens is 1. The molecular formula is C30H33ClFN7O3S. The van der Waals surface area contributed by atoms with E-state index in [4.69, 9.17) is 27.1 Å². The first-order valence-corrected chi connectivity index (χ1v) is 15.2. The van der Waals surface area contributed by atoms with Gasteiger partial charge in [0.1, 0.15) is 11.9 Å². The monoisotopic (exact) mass is 625 g/mol. The second kappa shape index (κ2) is 13.6. The summed E-state index contributed by atoms with van der Waals surface area (Å²) in [7, 11) is 1.31. The van der Waals surface area contributed by atoms with Gasteiger partial charge in [-0.15, -0.1) is 11.3 Å². The number of rotatable bonds is 11. The van der Waals surface area contributed by atoms with E-state index in [0.717, 1.165) is 11.3 Å². The number of halogens is 2. The van der Waals surface area contributed by atoms with Crippen molar-refractivity contribution >= 4 is 46.5 Å². The molecule has 13 heteroatoms. The van der Waals surface area contributed by atoms with Crippen molar-refractivity contribution in [2.45, 2.75) is 19.5 Å². The normalized spacial score (nSPS) is 17.0. The molecule has 226 valence electrons. The number of amides is 2. The van der Waals surface area contributed by atoms with E-state index in [1.54, 1.807) is 11.1 Å². The van der Waals surface area contributed by atoms with Gasteiger partial charge < -0.3 is 20.7 Å². The van der Waals surface area contributed by atoms with Crippen LogP contribution in [0.4, 0.5) is 14.9 Å². The van der Waals surface area contributed by atoms with Crippen LogP contribution in [0.25, 0.3) is 0 Å². The van der Waals surface area contributed by atoms with E-state index in [1.807, 2.05) is 41.5 Å². The van der Waals surface area contributed by atoms with Gasteiger partial charge in [-0.1, -0.05) is 36.7 Å². The van der Waals surface area contributed by atoms with E-state index >= 15 is 0 Å². The summed E-state index contributed by atoms with van der Waals surface area (Å²) >= 11 is 7.86. The Balaban J connectivity index is 1.37. The standard InChI is InChI=1S/C30H33ClFN7O3S/c1-3-37(11-12-38-13-14-39(30(38)41)21-7-4-19(17-33)5-8-21)18-24-25(29(40)42-2)26(22-9-6-20(32)16-23(22)31)36-27(35-24)28-34-10-15-43-28/h4-10,15-16,26H,3,11-14,17-18,33H2,1-2H3,(H,35,36)/t26-/m0/s1. The maximum absolute atomic E-state index is 13.9. The molecule has 1 saturated heterocycles. The first-order chi connectivity index (χ1) is 20.8. The van der Waals surface area contributed by atoms with Crippen molar-refractivity contribution < 1.29 is 18.7 Å². The van der Waals surface area contributed by atoms with Crippen LogP contribution in [0.5, 0.6) is 0 Å². The molecule has 3 aromatic rings. The molecule has 0 radical (unpaired) electrons. The van der Waals surface area contributed by atoms with Crippen molar-refractivity contribution in [1.82, 2.24) is 20.1 Å². The number of thiazole rings is 1. The fraction of sp³-hybridized carbons (Fsp3) is 0.333. The van der Waals surface area contributed by atoms with E-state index < -0.39 is 17.8 Å². The van der Waals surface area contributed by atoms with Crippen LogP contribution >= 0.6 is 22.9 Å². The molecular weight excluding hydrogens is 593 g/mol. The van der Waals surface area contributed by atoms with Crippen molar-refractivity contribution in [2.75, 3.05) is 51.3 Å². The minimum Gasteiger partial charge on any atom is -0.466 e. The van der Waals surface area contributed by atoms with Crippen molar-refractivity contribution in [3.05, 3.63) is 92.3 Å². The number of likely N-dealkylation sites (N-methyl/N-ethyl adjacent to an activating group) is 1. The zero-order valence-corrected chi connectivity index (χ0v) is 25.5. The zero-order valence-electron chi connectivity index (χ0n) is 23.9. The Labute approximate surface area is 258 Å². The highest BCUT2D eigenvalue weighted by Crippen LogP contribution is 2.37. The Kier molecular flexibility index (Phi) is 9.71. The highest BCUT2D eigenvalue weighted by molar-refractivity contribution is 7.11. The highest BCUT2D eigenvalue weighted by atomic mass is 35.5. The molecule has 2 aromatic carbocycles. The second-order valence-corrected chi connectivity index (χ2v) is 11.4. The molecule has 2 amide bonds. The number of esters is 1. The third kappa shape index (κ3) is 6.72. The number of amidine groups is 1. The minimum absolute atomic E-state index is 0.0500. The van der Waals surface area contributed by atoms with E-state index in [0.29, 0.717) is 67.9 Å². The topological polar surface area (TPSA) is 116 Å². The molecule has 0 aliphatic carbocycles. The van der Waals surface area contributed by atoms with E-state index in [1.165, 1.54) is 36.6 Å². The third-order valence-corrected chi connectivity index (χ3v) is 8.62. The number of hydrogen-bond acceptors (Lipinski definition) is 9. The van der Waals surface area contributed by atoms with E-state index in [-0.39, 0.29) is 16.6 Å². The van der Waals surface area contributed by atoms with Gasteiger partial charge in [0.15, 0.2) is 10.8 Å². The number of carbonyl (C=O) groups excluding carboxylic acids is 2. The van der Waals surface area contributed by atoms with Crippen LogP contribution in [-0.4, -0.2) is 79.0 Å². The smallest absolute Gasteiger partial charge is 0.338 e. The second-order valence-electron chi connectivity index (χ2n) is 10.1.